The molecule has 4 aromatic carbocycles. The minimum Gasteiger partial charge on any atom is -0.351 e. The highest BCUT2D eigenvalue weighted by Crippen LogP contribution is 2.33. The van der Waals surface area contributed by atoms with Gasteiger partial charge in [-0.05, 0) is 65.8 Å². The van der Waals surface area contributed by atoms with Gasteiger partial charge in [0.15, 0.2) is 0 Å². The predicted molar refractivity (Wildman–Crippen MR) is 178 cm³/mol. The average molecular weight is 609 g/mol. The Bertz CT molecular complexity index is 1550. The molecule has 1 fully saturated rings. The molecule has 1 atom stereocenters. The highest BCUT2D eigenvalue weighted by atomic mass is 35.5. The van der Waals surface area contributed by atoms with Crippen LogP contribution in [0.3, 0.4) is 0 Å². The van der Waals surface area contributed by atoms with Crippen LogP contribution in [0.25, 0.3) is 11.1 Å². The van der Waals surface area contributed by atoms with Gasteiger partial charge in [0.05, 0.1) is 12.5 Å². The van der Waals surface area contributed by atoms with Gasteiger partial charge in [-0.2, -0.15) is 0 Å². The largest absolute Gasteiger partial charge is 0.351 e. The maximum absolute atomic E-state index is 14.1. The molecule has 5 rings (SSSR count). The lowest BCUT2D eigenvalue weighted by Crippen LogP contribution is -2.48. The van der Waals surface area contributed by atoms with Crippen molar-refractivity contribution in [3.8, 4) is 11.1 Å². The summed E-state index contributed by atoms with van der Waals surface area (Å²) in [6, 6.07) is 33.9. The van der Waals surface area contributed by atoms with E-state index in [9.17, 15) is 9.59 Å². The predicted octanol–water partition coefficient (Wildman–Crippen LogP) is 6.49. The van der Waals surface area contributed by atoms with Crippen LogP contribution in [0.15, 0.2) is 103 Å². The minimum absolute atomic E-state index is 0.0686. The third-order valence-corrected chi connectivity index (χ3v) is 8.85. The van der Waals surface area contributed by atoms with E-state index in [0.717, 1.165) is 54.7 Å². The van der Waals surface area contributed by atoms with Crippen LogP contribution in [-0.4, -0.2) is 53.8 Å². The van der Waals surface area contributed by atoms with Crippen LogP contribution in [0.5, 0.6) is 0 Å². The van der Waals surface area contributed by atoms with E-state index in [0.29, 0.717) is 23.7 Å². The fourth-order valence-corrected chi connectivity index (χ4v) is 6.37. The molecule has 228 valence electrons. The van der Waals surface area contributed by atoms with Crippen molar-refractivity contribution in [3.63, 3.8) is 0 Å². The molecule has 0 bridgehead atoms. The second kappa shape index (κ2) is 15.2. The van der Waals surface area contributed by atoms with Crippen molar-refractivity contribution in [2.45, 2.75) is 44.8 Å². The molecule has 0 aliphatic carbocycles. The molecule has 7 heteroatoms. The van der Waals surface area contributed by atoms with Gasteiger partial charge < -0.3 is 16.0 Å². The van der Waals surface area contributed by atoms with Gasteiger partial charge in [0, 0.05) is 49.4 Å². The van der Waals surface area contributed by atoms with Crippen LogP contribution in [0, 0.1) is 0 Å². The summed E-state index contributed by atoms with van der Waals surface area (Å²) in [4.78, 5) is 31.6. The number of hydrogen-bond acceptors (Lipinski definition) is 4. The maximum Gasteiger partial charge on any atom is 0.251 e. The Balaban J connectivity index is 1.40. The molecule has 1 saturated heterocycles. The van der Waals surface area contributed by atoms with Gasteiger partial charge in [0.2, 0.25) is 5.91 Å². The first-order valence-corrected chi connectivity index (χ1v) is 15.8. The van der Waals surface area contributed by atoms with E-state index in [1.165, 1.54) is 5.56 Å². The van der Waals surface area contributed by atoms with Gasteiger partial charge in [-0.15, -0.1) is 0 Å². The quantitative estimate of drug-likeness (QED) is 0.204. The van der Waals surface area contributed by atoms with E-state index in [4.69, 9.17) is 17.3 Å². The van der Waals surface area contributed by atoms with Crippen molar-refractivity contribution in [2.75, 3.05) is 26.2 Å². The molecule has 1 aliphatic heterocycles. The normalized spacial score (nSPS) is 14.6. The number of halogens is 1. The molecule has 0 saturated carbocycles. The van der Waals surface area contributed by atoms with Crippen LogP contribution < -0.4 is 11.1 Å². The van der Waals surface area contributed by atoms with Gasteiger partial charge in [-0.1, -0.05) is 96.5 Å². The third kappa shape index (κ3) is 7.75. The Morgan fingerprint density at radius 3 is 2.39 bits per heavy atom. The number of benzene rings is 4. The smallest absolute Gasteiger partial charge is 0.251 e. The molecule has 1 aliphatic rings. The molecule has 1 heterocycles. The summed E-state index contributed by atoms with van der Waals surface area (Å²) in [5.74, 6) is -0.0811. The number of amides is 2. The molecule has 1 unspecified atom stereocenters. The molecule has 44 heavy (non-hydrogen) atoms. The summed E-state index contributed by atoms with van der Waals surface area (Å²) < 4.78 is 0. The number of likely N-dealkylation sites (tertiary alicyclic amines) is 1. The van der Waals surface area contributed by atoms with Crippen molar-refractivity contribution in [2.24, 2.45) is 5.73 Å². The van der Waals surface area contributed by atoms with Crippen molar-refractivity contribution in [1.29, 1.82) is 0 Å². The van der Waals surface area contributed by atoms with Crippen LogP contribution in [-0.2, 0) is 17.8 Å². The topological polar surface area (TPSA) is 78.7 Å². The maximum atomic E-state index is 14.1. The highest BCUT2D eigenvalue weighted by molar-refractivity contribution is 6.31. The Hall–Kier alpha value is -3.97. The van der Waals surface area contributed by atoms with Crippen molar-refractivity contribution in [3.05, 3.63) is 130 Å². The van der Waals surface area contributed by atoms with E-state index in [1.807, 2.05) is 66.7 Å². The molecule has 2 amide bonds. The Morgan fingerprint density at radius 1 is 0.932 bits per heavy atom. The van der Waals surface area contributed by atoms with Crippen molar-refractivity contribution < 1.29 is 9.59 Å². The van der Waals surface area contributed by atoms with Crippen molar-refractivity contribution in [1.82, 2.24) is 15.1 Å². The number of carbonyl (C=O) groups excluding carboxylic acids is 2. The third-order valence-electron chi connectivity index (χ3n) is 8.49. The monoisotopic (exact) mass is 608 g/mol. The van der Waals surface area contributed by atoms with Crippen LogP contribution >= 0.6 is 11.6 Å². The SMILES string of the molecule is CC(c1cccc(-c2ccccc2C(=O)NCCN)c1)N(C(=O)Cc1ccccc1Cl)C1CCN(Cc2ccccc2)CC1. The summed E-state index contributed by atoms with van der Waals surface area (Å²) in [6.45, 7) is 5.67. The molecule has 6 nitrogen and oxygen atoms in total. The number of nitrogens with zero attached hydrogens (tertiary/aromatic N) is 2. The molecule has 0 spiro atoms. The lowest BCUT2D eigenvalue weighted by molar-refractivity contribution is -0.136. The fourth-order valence-electron chi connectivity index (χ4n) is 6.17. The summed E-state index contributed by atoms with van der Waals surface area (Å²) in [5.41, 5.74) is 11.2. The first-order chi connectivity index (χ1) is 21.4. The highest BCUT2D eigenvalue weighted by Gasteiger charge is 2.32. The summed E-state index contributed by atoms with van der Waals surface area (Å²) in [5, 5.41) is 3.50. The fraction of sp³-hybridized carbons (Fsp3) is 0.297. The van der Waals surface area contributed by atoms with E-state index in [-0.39, 0.29) is 30.3 Å². The van der Waals surface area contributed by atoms with E-state index < -0.39 is 0 Å². The van der Waals surface area contributed by atoms with E-state index in [1.54, 1.807) is 0 Å². The Morgan fingerprint density at radius 2 is 1.64 bits per heavy atom. The van der Waals surface area contributed by atoms with Crippen molar-refractivity contribution >= 4 is 23.4 Å². The standard InChI is InChI=1S/C37H41ClN4O2/c1-27(29-13-9-14-30(24-29)33-15-6-7-16-34(33)37(44)40-21-20-39)42(36(43)25-31-12-5-8-17-35(31)38)32-18-22-41(23-19-32)26-28-10-3-2-4-11-28/h2-17,24,27,32H,18-23,25-26,39H2,1H3,(H,40,44). The molecule has 3 N–H and O–H groups in total. The van der Waals surface area contributed by atoms with Gasteiger partial charge >= 0.3 is 0 Å². The Kier molecular flexibility index (Phi) is 10.8. The zero-order chi connectivity index (χ0) is 30.9. The second-order valence-electron chi connectivity index (χ2n) is 11.5. The number of nitrogens with one attached hydrogen (secondary N) is 1. The Labute approximate surface area is 265 Å². The number of nitrogens with two attached hydrogens (primary N) is 1. The molecule has 0 radical (unpaired) electrons. The lowest BCUT2D eigenvalue weighted by Gasteiger charge is -2.42. The number of rotatable bonds is 11. The van der Waals surface area contributed by atoms with Gasteiger partial charge in [0.25, 0.3) is 5.91 Å². The first-order valence-electron chi connectivity index (χ1n) is 15.4. The molecule has 4 aromatic rings. The van der Waals surface area contributed by atoms with Crippen LogP contribution in [0.4, 0.5) is 0 Å². The zero-order valence-electron chi connectivity index (χ0n) is 25.3. The molecule has 0 aromatic heterocycles. The lowest BCUT2D eigenvalue weighted by atomic mass is 9.93. The number of piperidine rings is 1. The van der Waals surface area contributed by atoms with E-state index >= 15 is 0 Å². The second-order valence-corrected chi connectivity index (χ2v) is 11.9. The van der Waals surface area contributed by atoms with Gasteiger partial charge in [-0.25, -0.2) is 0 Å². The average Bonchev–Trinajstić information content (AvgIpc) is 3.06. The zero-order valence-corrected chi connectivity index (χ0v) is 26.0. The number of hydrogen-bond donors (Lipinski definition) is 2. The summed E-state index contributed by atoms with van der Waals surface area (Å²) in [7, 11) is 0. The summed E-state index contributed by atoms with van der Waals surface area (Å²) in [6.07, 6.45) is 2.04. The van der Waals surface area contributed by atoms with Crippen LogP contribution in [0.1, 0.15) is 52.9 Å². The number of carbonyl (C=O) groups is 2. The van der Waals surface area contributed by atoms with Gasteiger partial charge in [-0.3, -0.25) is 14.5 Å². The first kappa shape index (κ1) is 31.5. The van der Waals surface area contributed by atoms with Gasteiger partial charge in [0.1, 0.15) is 0 Å². The van der Waals surface area contributed by atoms with Crippen LogP contribution in [0.2, 0.25) is 5.02 Å². The molecular formula is C37H41ClN4O2. The van der Waals surface area contributed by atoms with E-state index in [2.05, 4.69) is 58.4 Å². The molecular weight excluding hydrogens is 568 g/mol. The summed E-state index contributed by atoms with van der Waals surface area (Å²) >= 11 is 6.50. The minimum atomic E-state index is -0.172.